The van der Waals surface area contributed by atoms with Gasteiger partial charge in [-0.1, -0.05) is 20.8 Å². The van der Waals surface area contributed by atoms with Crippen LogP contribution in [0.2, 0.25) is 0 Å². The summed E-state index contributed by atoms with van der Waals surface area (Å²) < 4.78 is 0. The first-order valence-corrected chi connectivity index (χ1v) is 6.04. The Balaban J connectivity index is 2.27. The van der Waals surface area contributed by atoms with Crippen molar-refractivity contribution in [2.75, 3.05) is 19.6 Å². The van der Waals surface area contributed by atoms with E-state index in [9.17, 15) is 5.11 Å². The van der Waals surface area contributed by atoms with E-state index in [1.54, 1.807) is 0 Å². The van der Waals surface area contributed by atoms with Gasteiger partial charge in [-0.05, 0) is 37.6 Å². The number of aliphatic hydroxyl groups excluding tert-OH is 1. The fourth-order valence-corrected chi connectivity index (χ4v) is 2.14. The lowest BCUT2D eigenvalue weighted by molar-refractivity contribution is 0.0238. The van der Waals surface area contributed by atoms with E-state index in [1.807, 2.05) is 0 Å². The van der Waals surface area contributed by atoms with Crippen LogP contribution in [-0.4, -0.2) is 35.7 Å². The number of aliphatic hydroxyl groups is 1. The monoisotopic (exact) mass is 199 g/mol. The summed E-state index contributed by atoms with van der Waals surface area (Å²) >= 11 is 0. The molecule has 0 bridgehead atoms. The Morgan fingerprint density at radius 1 is 1.43 bits per heavy atom. The fraction of sp³-hybridized carbons (Fsp3) is 1.00. The van der Waals surface area contributed by atoms with Gasteiger partial charge in [0, 0.05) is 13.1 Å². The molecule has 0 aromatic heterocycles. The average molecular weight is 199 g/mol. The van der Waals surface area contributed by atoms with Gasteiger partial charge in [0.25, 0.3) is 0 Å². The van der Waals surface area contributed by atoms with Crippen molar-refractivity contribution < 1.29 is 5.11 Å². The van der Waals surface area contributed by atoms with Crippen LogP contribution < -0.4 is 0 Å². The third kappa shape index (κ3) is 3.58. The summed E-state index contributed by atoms with van der Waals surface area (Å²) in [7, 11) is 0. The predicted octanol–water partition coefficient (Wildman–Crippen LogP) is 2.13. The fourth-order valence-electron chi connectivity index (χ4n) is 2.14. The zero-order valence-corrected chi connectivity index (χ0v) is 9.87. The van der Waals surface area contributed by atoms with Crippen molar-refractivity contribution in [3.05, 3.63) is 0 Å². The molecular weight excluding hydrogens is 174 g/mol. The molecule has 0 saturated carbocycles. The second-order valence-electron chi connectivity index (χ2n) is 5.01. The molecule has 1 saturated heterocycles. The molecule has 0 aliphatic carbocycles. The van der Waals surface area contributed by atoms with Gasteiger partial charge in [-0.3, -0.25) is 0 Å². The van der Waals surface area contributed by atoms with Gasteiger partial charge in [0.05, 0.1) is 6.10 Å². The van der Waals surface area contributed by atoms with Crippen LogP contribution in [0.5, 0.6) is 0 Å². The molecule has 1 aliphatic heterocycles. The number of nitrogens with zero attached hydrogens (tertiary/aromatic N) is 1. The van der Waals surface area contributed by atoms with Crippen molar-refractivity contribution in [3.63, 3.8) is 0 Å². The van der Waals surface area contributed by atoms with Gasteiger partial charge in [0.15, 0.2) is 0 Å². The van der Waals surface area contributed by atoms with Crippen LogP contribution >= 0.6 is 0 Å². The minimum absolute atomic E-state index is 0.0460. The van der Waals surface area contributed by atoms with E-state index in [4.69, 9.17) is 0 Å². The van der Waals surface area contributed by atoms with Gasteiger partial charge >= 0.3 is 0 Å². The molecule has 2 unspecified atom stereocenters. The summed E-state index contributed by atoms with van der Waals surface area (Å²) in [6, 6.07) is 0. The Morgan fingerprint density at radius 2 is 2.14 bits per heavy atom. The van der Waals surface area contributed by atoms with Crippen LogP contribution in [0.15, 0.2) is 0 Å². The second kappa shape index (κ2) is 5.72. The van der Waals surface area contributed by atoms with Crippen molar-refractivity contribution >= 4 is 0 Å². The molecule has 2 heteroatoms. The molecule has 0 aromatic rings. The molecular formula is C12H25NO. The normalized spacial score (nSPS) is 29.8. The van der Waals surface area contributed by atoms with E-state index >= 15 is 0 Å². The van der Waals surface area contributed by atoms with Crippen LogP contribution in [0.1, 0.15) is 40.0 Å². The van der Waals surface area contributed by atoms with E-state index in [0.29, 0.717) is 5.92 Å². The maximum atomic E-state index is 9.74. The summed E-state index contributed by atoms with van der Waals surface area (Å²) in [5.74, 6) is 1.30. The largest absolute Gasteiger partial charge is 0.393 e. The topological polar surface area (TPSA) is 23.5 Å². The maximum absolute atomic E-state index is 9.74. The van der Waals surface area contributed by atoms with Gasteiger partial charge in [0.2, 0.25) is 0 Å². The number of likely N-dealkylation sites (tertiary alicyclic amines) is 1. The van der Waals surface area contributed by atoms with Gasteiger partial charge in [-0.2, -0.15) is 0 Å². The highest BCUT2D eigenvalue weighted by Gasteiger charge is 2.25. The SMILES string of the molecule is CCC1CN(CCC(C)C)CCC1O. The van der Waals surface area contributed by atoms with Crippen LogP contribution in [-0.2, 0) is 0 Å². The Morgan fingerprint density at radius 3 is 2.71 bits per heavy atom. The summed E-state index contributed by atoms with van der Waals surface area (Å²) in [4.78, 5) is 2.51. The lowest BCUT2D eigenvalue weighted by Crippen LogP contribution is -2.43. The molecule has 1 rings (SSSR count). The molecule has 1 aliphatic rings. The molecule has 1 heterocycles. The predicted molar refractivity (Wildman–Crippen MR) is 60.3 cm³/mol. The van der Waals surface area contributed by atoms with Crippen molar-refractivity contribution in [3.8, 4) is 0 Å². The minimum Gasteiger partial charge on any atom is -0.393 e. The molecule has 0 spiro atoms. The molecule has 14 heavy (non-hydrogen) atoms. The van der Waals surface area contributed by atoms with Crippen molar-refractivity contribution in [2.24, 2.45) is 11.8 Å². The van der Waals surface area contributed by atoms with E-state index < -0.39 is 0 Å². The van der Waals surface area contributed by atoms with Gasteiger partial charge in [0.1, 0.15) is 0 Å². The van der Waals surface area contributed by atoms with E-state index in [0.717, 1.165) is 31.8 Å². The van der Waals surface area contributed by atoms with Crippen molar-refractivity contribution in [1.82, 2.24) is 4.90 Å². The van der Waals surface area contributed by atoms with E-state index in [2.05, 4.69) is 25.7 Å². The lowest BCUT2D eigenvalue weighted by atomic mass is 9.92. The first kappa shape index (κ1) is 12.0. The Hall–Kier alpha value is -0.0800. The Kier molecular flexibility index (Phi) is 4.90. The minimum atomic E-state index is -0.0460. The average Bonchev–Trinajstić information content (AvgIpc) is 2.16. The van der Waals surface area contributed by atoms with Gasteiger partial charge < -0.3 is 10.0 Å². The zero-order chi connectivity index (χ0) is 10.6. The smallest absolute Gasteiger partial charge is 0.0592 e. The quantitative estimate of drug-likeness (QED) is 0.749. The van der Waals surface area contributed by atoms with E-state index in [1.165, 1.54) is 13.0 Å². The van der Waals surface area contributed by atoms with Crippen molar-refractivity contribution in [1.29, 1.82) is 0 Å². The standard InChI is InChI=1S/C12H25NO/c1-4-11-9-13(7-5-10(2)3)8-6-12(11)14/h10-12,14H,4-9H2,1-3H3. The molecule has 0 amide bonds. The first-order valence-electron chi connectivity index (χ1n) is 6.04. The zero-order valence-electron chi connectivity index (χ0n) is 9.87. The molecule has 1 N–H and O–H groups in total. The van der Waals surface area contributed by atoms with Crippen LogP contribution in [0, 0.1) is 11.8 Å². The van der Waals surface area contributed by atoms with Gasteiger partial charge in [-0.25, -0.2) is 0 Å². The molecule has 2 atom stereocenters. The Labute approximate surface area is 88.3 Å². The van der Waals surface area contributed by atoms with Crippen molar-refractivity contribution in [2.45, 2.75) is 46.1 Å². The molecule has 1 fully saturated rings. The highest BCUT2D eigenvalue weighted by atomic mass is 16.3. The highest BCUT2D eigenvalue weighted by Crippen LogP contribution is 2.20. The highest BCUT2D eigenvalue weighted by molar-refractivity contribution is 4.79. The number of rotatable bonds is 4. The third-order valence-corrected chi connectivity index (χ3v) is 3.33. The van der Waals surface area contributed by atoms with Crippen LogP contribution in [0.4, 0.5) is 0 Å². The second-order valence-corrected chi connectivity index (χ2v) is 5.01. The summed E-state index contributed by atoms with van der Waals surface area (Å²) in [6.07, 6.45) is 3.32. The number of hydrogen-bond acceptors (Lipinski definition) is 2. The van der Waals surface area contributed by atoms with Crippen LogP contribution in [0.25, 0.3) is 0 Å². The number of piperidine rings is 1. The molecule has 2 nitrogen and oxygen atoms in total. The van der Waals surface area contributed by atoms with E-state index in [-0.39, 0.29) is 6.10 Å². The summed E-state index contributed by atoms with van der Waals surface area (Å²) in [5.41, 5.74) is 0. The third-order valence-electron chi connectivity index (χ3n) is 3.33. The summed E-state index contributed by atoms with van der Waals surface area (Å²) in [6.45, 7) is 10.1. The Bertz CT molecular complexity index is 158. The molecule has 0 aromatic carbocycles. The first-order chi connectivity index (χ1) is 6.63. The number of hydrogen-bond donors (Lipinski definition) is 1. The lowest BCUT2D eigenvalue weighted by Gasteiger charge is -2.36. The molecule has 84 valence electrons. The molecule has 0 radical (unpaired) electrons. The summed E-state index contributed by atoms with van der Waals surface area (Å²) in [5, 5.41) is 9.74. The maximum Gasteiger partial charge on any atom is 0.0592 e. The van der Waals surface area contributed by atoms with Gasteiger partial charge in [-0.15, -0.1) is 0 Å². The van der Waals surface area contributed by atoms with Crippen LogP contribution in [0.3, 0.4) is 0 Å².